The van der Waals surface area contributed by atoms with Crippen LogP contribution in [0.25, 0.3) is 0 Å². The molecule has 6 heteroatoms. The maximum atomic E-state index is 11.6. The number of alkyl halides is 3. The summed E-state index contributed by atoms with van der Waals surface area (Å²) in [5.74, 6) is 0.374. The summed E-state index contributed by atoms with van der Waals surface area (Å²) < 4.78 is 34.8. The summed E-state index contributed by atoms with van der Waals surface area (Å²) >= 11 is -0.0690. The highest BCUT2D eigenvalue weighted by atomic mass is 32.2. The van der Waals surface area contributed by atoms with E-state index in [1.54, 1.807) is 0 Å². The number of nitrogens with zero attached hydrogens (tertiary/aromatic N) is 1. The van der Waals surface area contributed by atoms with Gasteiger partial charge in [-0.25, -0.2) is 0 Å². The molecule has 2 nitrogen and oxygen atoms in total. The first-order chi connectivity index (χ1) is 5.95. The fourth-order valence-electron chi connectivity index (χ4n) is 0.686. The molecule has 0 aromatic rings. The third-order valence-electron chi connectivity index (χ3n) is 1.18. The third kappa shape index (κ3) is 9.52. The molecular weight excluding hydrogens is 201 g/mol. The summed E-state index contributed by atoms with van der Waals surface area (Å²) in [4.78, 5) is 3.79. The van der Waals surface area contributed by atoms with Crippen LogP contribution in [0.15, 0.2) is 4.99 Å². The molecule has 0 atom stereocenters. The van der Waals surface area contributed by atoms with Crippen LogP contribution in [0.4, 0.5) is 13.2 Å². The number of hydrogen-bond donors (Lipinski definition) is 1. The predicted octanol–water partition coefficient (Wildman–Crippen LogP) is 2.40. The molecule has 0 spiro atoms. The quantitative estimate of drug-likeness (QED) is 0.433. The zero-order valence-electron chi connectivity index (χ0n) is 7.40. The highest BCUT2D eigenvalue weighted by Crippen LogP contribution is 2.29. The second kappa shape index (κ2) is 6.12. The fourth-order valence-corrected chi connectivity index (χ4v) is 1.10. The van der Waals surface area contributed by atoms with Gasteiger partial charge in [-0.1, -0.05) is 6.92 Å². The van der Waals surface area contributed by atoms with Gasteiger partial charge in [0, 0.05) is 12.2 Å². The molecule has 0 saturated heterocycles. The van der Waals surface area contributed by atoms with Gasteiger partial charge in [0.15, 0.2) is 0 Å². The van der Waals surface area contributed by atoms with Crippen LogP contribution in [0.1, 0.15) is 19.8 Å². The summed E-state index contributed by atoms with van der Waals surface area (Å²) in [6.07, 6.45) is 1.51. The highest BCUT2D eigenvalue weighted by Gasteiger charge is 2.27. The molecule has 0 rings (SSSR count). The molecule has 0 aliphatic rings. The van der Waals surface area contributed by atoms with Gasteiger partial charge in [-0.3, -0.25) is 4.99 Å². The molecule has 0 fully saturated rings. The van der Waals surface area contributed by atoms with Gasteiger partial charge in [0.1, 0.15) is 0 Å². The van der Waals surface area contributed by atoms with E-state index >= 15 is 0 Å². The monoisotopic (exact) mass is 214 g/mol. The number of halogens is 3. The van der Waals surface area contributed by atoms with Crippen LogP contribution in [0, 0.1) is 0 Å². The van der Waals surface area contributed by atoms with Crippen LogP contribution >= 0.6 is 11.8 Å². The van der Waals surface area contributed by atoms with E-state index in [1.165, 1.54) is 0 Å². The number of hydrogen-bond acceptors (Lipinski definition) is 2. The average molecular weight is 214 g/mol. The van der Waals surface area contributed by atoms with E-state index in [1.807, 2.05) is 6.92 Å². The van der Waals surface area contributed by atoms with Crippen molar-refractivity contribution in [2.45, 2.75) is 25.3 Å². The van der Waals surface area contributed by atoms with Gasteiger partial charge >= 0.3 is 5.51 Å². The Bertz CT molecular complexity index is 168. The first kappa shape index (κ1) is 12.6. The van der Waals surface area contributed by atoms with E-state index in [4.69, 9.17) is 5.73 Å². The standard InChI is InChI=1S/C7H13F3N2S/c1-2-3-6(11)12-4-5-13-7(8,9)10/h2-5H2,1H3,(H2,11,12). The SMILES string of the molecule is CCCC(N)=NCCSC(F)(F)F. The van der Waals surface area contributed by atoms with E-state index in [-0.39, 0.29) is 24.1 Å². The number of nitrogens with two attached hydrogens (primary N) is 1. The summed E-state index contributed by atoms with van der Waals surface area (Å²) in [5, 5.41) is 0. The van der Waals surface area contributed by atoms with Crippen LogP contribution in [0.5, 0.6) is 0 Å². The molecule has 2 N–H and O–H groups in total. The van der Waals surface area contributed by atoms with Crippen molar-refractivity contribution in [2.75, 3.05) is 12.3 Å². The second-order valence-electron chi connectivity index (χ2n) is 2.42. The lowest BCUT2D eigenvalue weighted by atomic mass is 10.3. The largest absolute Gasteiger partial charge is 0.441 e. The maximum absolute atomic E-state index is 11.6. The molecule has 0 unspecified atom stereocenters. The van der Waals surface area contributed by atoms with E-state index in [9.17, 15) is 13.2 Å². The number of thioether (sulfide) groups is 1. The summed E-state index contributed by atoms with van der Waals surface area (Å²) in [7, 11) is 0. The first-order valence-electron chi connectivity index (χ1n) is 3.95. The normalized spacial score (nSPS) is 13.4. The fraction of sp³-hybridized carbons (Fsp3) is 0.857. The minimum absolute atomic E-state index is 0.0616. The van der Waals surface area contributed by atoms with Crippen LogP contribution in [-0.4, -0.2) is 23.6 Å². The first-order valence-corrected chi connectivity index (χ1v) is 4.93. The van der Waals surface area contributed by atoms with Crippen LogP contribution in [0.2, 0.25) is 0 Å². The van der Waals surface area contributed by atoms with Crippen molar-refractivity contribution in [3.05, 3.63) is 0 Å². The molecule has 0 saturated carbocycles. The molecule has 0 bridgehead atoms. The number of rotatable bonds is 5. The second-order valence-corrected chi connectivity index (χ2v) is 3.58. The smallest absolute Gasteiger partial charge is 0.387 e. The third-order valence-corrected chi connectivity index (χ3v) is 1.89. The van der Waals surface area contributed by atoms with Gasteiger partial charge in [0.2, 0.25) is 0 Å². The van der Waals surface area contributed by atoms with E-state index in [0.717, 1.165) is 6.42 Å². The Morgan fingerprint density at radius 1 is 1.46 bits per heavy atom. The minimum Gasteiger partial charge on any atom is -0.387 e. The topological polar surface area (TPSA) is 38.4 Å². The van der Waals surface area contributed by atoms with E-state index in [0.29, 0.717) is 12.3 Å². The molecular formula is C7H13F3N2S. The zero-order chi connectivity index (χ0) is 10.3. The molecule has 0 aliphatic heterocycles. The maximum Gasteiger partial charge on any atom is 0.441 e. The van der Waals surface area contributed by atoms with E-state index in [2.05, 4.69) is 4.99 Å². The Morgan fingerprint density at radius 3 is 2.54 bits per heavy atom. The summed E-state index contributed by atoms with van der Waals surface area (Å²) in [6, 6.07) is 0. The summed E-state index contributed by atoms with van der Waals surface area (Å²) in [5.41, 5.74) is 1.24. The van der Waals surface area contributed by atoms with Crippen molar-refractivity contribution in [1.82, 2.24) is 0 Å². The lowest BCUT2D eigenvalue weighted by Gasteiger charge is -2.03. The molecule has 0 heterocycles. The average Bonchev–Trinajstić information content (AvgIpc) is 1.97. The number of amidine groups is 1. The molecule has 0 aromatic carbocycles. The van der Waals surface area contributed by atoms with Crippen LogP contribution in [-0.2, 0) is 0 Å². The van der Waals surface area contributed by atoms with Crippen molar-refractivity contribution in [1.29, 1.82) is 0 Å². The molecule has 0 aliphatic carbocycles. The molecule has 0 amide bonds. The molecule has 13 heavy (non-hydrogen) atoms. The van der Waals surface area contributed by atoms with Crippen LogP contribution < -0.4 is 5.73 Å². The Morgan fingerprint density at radius 2 is 2.08 bits per heavy atom. The van der Waals surface area contributed by atoms with Gasteiger partial charge in [-0.15, -0.1) is 0 Å². The van der Waals surface area contributed by atoms with Crippen molar-refractivity contribution >= 4 is 17.6 Å². The van der Waals surface area contributed by atoms with Crippen molar-refractivity contribution in [3.63, 3.8) is 0 Å². The van der Waals surface area contributed by atoms with E-state index < -0.39 is 5.51 Å². The Balaban J connectivity index is 3.50. The lowest BCUT2D eigenvalue weighted by molar-refractivity contribution is -0.0327. The van der Waals surface area contributed by atoms with Crippen LogP contribution in [0.3, 0.4) is 0 Å². The van der Waals surface area contributed by atoms with Gasteiger partial charge in [-0.2, -0.15) is 13.2 Å². The molecule has 78 valence electrons. The zero-order valence-corrected chi connectivity index (χ0v) is 8.21. The van der Waals surface area contributed by atoms with Gasteiger partial charge in [-0.05, 0) is 18.2 Å². The predicted molar refractivity (Wildman–Crippen MR) is 49.9 cm³/mol. The lowest BCUT2D eigenvalue weighted by Crippen LogP contribution is -2.12. The van der Waals surface area contributed by atoms with Crippen molar-refractivity contribution in [3.8, 4) is 0 Å². The highest BCUT2D eigenvalue weighted by molar-refractivity contribution is 8.00. The number of aliphatic imine (C=N–C) groups is 1. The Kier molecular flexibility index (Phi) is 5.94. The summed E-state index contributed by atoms with van der Waals surface area (Å²) in [6.45, 7) is 2.07. The van der Waals surface area contributed by atoms with Gasteiger partial charge < -0.3 is 5.73 Å². The molecule has 0 aromatic heterocycles. The Labute approximate surface area is 79.8 Å². The molecule has 0 radical (unpaired) electrons. The van der Waals surface area contributed by atoms with Gasteiger partial charge in [0.25, 0.3) is 0 Å². The van der Waals surface area contributed by atoms with Crippen molar-refractivity contribution < 1.29 is 13.2 Å². The minimum atomic E-state index is -4.16. The Hall–Kier alpha value is -0.390. The van der Waals surface area contributed by atoms with Gasteiger partial charge in [0.05, 0.1) is 12.4 Å². The van der Waals surface area contributed by atoms with Crippen molar-refractivity contribution in [2.24, 2.45) is 10.7 Å².